The first kappa shape index (κ1) is 21.2. The molecular weight excluding hydrogens is 423 g/mol. The molecule has 3 unspecified atom stereocenters. The van der Waals surface area contributed by atoms with Gasteiger partial charge in [-0.15, -0.1) is 5.10 Å². The maximum atomic E-state index is 14.4. The lowest BCUT2D eigenvalue weighted by atomic mass is 9.84. The van der Waals surface area contributed by atoms with Crippen LogP contribution in [0.25, 0.3) is 5.69 Å². The fourth-order valence-electron chi connectivity index (χ4n) is 5.15. The quantitative estimate of drug-likeness (QED) is 0.659. The van der Waals surface area contributed by atoms with Crippen molar-refractivity contribution in [2.45, 2.75) is 51.1 Å². The number of nitrogens with one attached hydrogen (secondary N) is 1. The predicted octanol–water partition coefficient (Wildman–Crippen LogP) is 3.52. The third-order valence-electron chi connectivity index (χ3n) is 6.71. The van der Waals surface area contributed by atoms with Crippen molar-refractivity contribution in [1.29, 1.82) is 0 Å². The van der Waals surface area contributed by atoms with Gasteiger partial charge >= 0.3 is 0 Å². The highest BCUT2D eigenvalue weighted by Crippen LogP contribution is 2.41. The van der Waals surface area contributed by atoms with Crippen LogP contribution in [-0.4, -0.2) is 49.0 Å². The Balaban J connectivity index is 1.42. The third kappa shape index (κ3) is 3.99. The summed E-state index contributed by atoms with van der Waals surface area (Å²) in [6.45, 7) is 1.66. The number of carbonyl (C=O) groups is 2. The molecule has 2 amide bonds. The molecule has 3 atom stereocenters. The number of benzene rings is 2. The minimum atomic E-state index is -0.575. The molecule has 1 N–H and O–H groups in total. The number of nitrogens with zero attached hydrogens (tertiary/aromatic N) is 5. The van der Waals surface area contributed by atoms with Gasteiger partial charge < -0.3 is 10.2 Å². The monoisotopic (exact) mass is 448 g/mol. The minimum absolute atomic E-state index is 0.0647. The zero-order chi connectivity index (χ0) is 22.9. The molecule has 1 aliphatic carbocycles. The van der Waals surface area contributed by atoms with Gasteiger partial charge in [0, 0.05) is 17.3 Å². The van der Waals surface area contributed by atoms with Gasteiger partial charge in [0.1, 0.15) is 17.5 Å². The van der Waals surface area contributed by atoms with E-state index in [-0.39, 0.29) is 23.5 Å². The number of aryl methyl sites for hydroxylation is 1. The molecule has 9 heteroatoms. The van der Waals surface area contributed by atoms with E-state index in [0.717, 1.165) is 25.7 Å². The highest BCUT2D eigenvalue weighted by atomic mass is 19.1. The molecule has 3 aromatic rings. The number of hydrogen-bond donors (Lipinski definition) is 1. The number of halogens is 1. The first-order valence-electron chi connectivity index (χ1n) is 11.3. The molecule has 1 saturated heterocycles. The summed E-state index contributed by atoms with van der Waals surface area (Å²) in [5, 5.41) is 14.1. The predicted molar refractivity (Wildman–Crippen MR) is 119 cm³/mol. The zero-order valence-electron chi connectivity index (χ0n) is 18.3. The van der Waals surface area contributed by atoms with E-state index in [1.165, 1.54) is 22.9 Å². The van der Waals surface area contributed by atoms with Crippen LogP contribution < -0.4 is 5.32 Å². The third-order valence-corrected chi connectivity index (χ3v) is 6.71. The number of carbonyl (C=O) groups excluding carboxylic acids is 2. The van der Waals surface area contributed by atoms with E-state index in [0.29, 0.717) is 29.4 Å². The highest BCUT2D eigenvalue weighted by Gasteiger charge is 2.47. The van der Waals surface area contributed by atoms with Crippen LogP contribution in [0, 0.1) is 18.7 Å². The summed E-state index contributed by atoms with van der Waals surface area (Å²) >= 11 is 0. The van der Waals surface area contributed by atoms with Crippen LogP contribution in [0.2, 0.25) is 0 Å². The Labute approximate surface area is 190 Å². The lowest BCUT2D eigenvalue weighted by Crippen LogP contribution is -2.47. The number of tetrazole rings is 1. The second kappa shape index (κ2) is 8.73. The Morgan fingerprint density at radius 1 is 1.09 bits per heavy atom. The molecule has 1 aliphatic heterocycles. The summed E-state index contributed by atoms with van der Waals surface area (Å²) in [6, 6.07) is 12.9. The van der Waals surface area contributed by atoms with E-state index >= 15 is 0 Å². The standard InChI is InChI=1S/C24H25FN6O2/c1-15-27-28-29-31(15)21-14-18(11-12-19(21)25)26-23(32)22-13-17-9-5-6-10-20(17)30(22)24(33)16-7-3-2-4-8-16/h2-4,7-8,11-12,14,17,20,22H,5-6,9-10,13H2,1H3,(H,26,32). The Morgan fingerprint density at radius 2 is 1.88 bits per heavy atom. The molecule has 2 fully saturated rings. The van der Waals surface area contributed by atoms with Crippen molar-refractivity contribution in [2.24, 2.45) is 5.92 Å². The van der Waals surface area contributed by atoms with Crippen molar-refractivity contribution in [2.75, 3.05) is 5.32 Å². The first-order chi connectivity index (χ1) is 16.0. The van der Waals surface area contributed by atoms with E-state index < -0.39 is 11.9 Å². The van der Waals surface area contributed by atoms with E-state index in [9.17, 15) is 14.0 Å². The number of hydrogen-bond acceptors (Lipinski definition) is 5. The number of amides is 2. The average molecular weight is 449 g/mol. The molecule has 0 spiro atoms. The smallest absolute Gasteiger partial charge is 0.254 e. The van der Waals surface area contributed by atoms with Crippen LogP contribution >= 0.6 is 0 Å². The van der Waals surface area contributed by atoms with E-state index in [1.54, 1.807) is 24.0 Å². The first-order valence-corrected chi connectivity index (χ1v) is 11.3. The molecule has 0 radical (unpaired) electrons. The van der Waals surface area contributed by atoms with Crippen molar-refractivity contribution in [1.82, 2.24) is 25.1 Å². The molecule has 2 heterocycles. The summed E-state index contributed by atoms with van der Waals surface area (Å²) in [5.74, 6) is -0.142. The summed E-state index contributed by atoms with van der Waals surface area (Å²) < 4.78 is 15.7. The van der Waals surface area contributed by atoms with Gasteiger partial charge in [0.25, 0.3) is 5.91 Å². The van der Waals surface area contributed by atoms with Crippen molar-refractivity contribution >= 4 is 17.5 Å². The molecule has 33 heavy (non-hydrogen) atoms. The Hall–Kier alpha value is -3.62. The van der Waals surface area contributed by atoms with Gasteiger partial charge in [-0.25, -0.2) is 4.39 Å². The normalized spacial score (nSPS) is 22.1. The highest BCUT2D eigenvalue weighted by molar-refractivity contribution is 6.02. The van der Waals surface area contributed by atoms with E-state index in [1.807, 2.05) is 18.2 Å². The van der Waals surface area contributed by atoms with Crippen molar-refractivity contribution < 1.29 is 14.0 Å². The fraction of sp³-hybridized carbons (Fsp3) is 0.375. The lowest BCUT2D eigenvalue weighted by Gasteiger charge is -2.33. The fourth-order valence-corrected chi connectivity index (χ4v) is 5.15. The van der Waals surface area contributed by atoms with Crippen LogP contribution in [0.5, 0.6) is 0 Å². The van der Waals surface area contributed by atoms with Crippen LogP contribution in [0.3, 0.4) is 0 Å². The minimum Gasteiger partial charge on any atom is -0.324 e. The maximum Gasteiger partial charge on any atom is 0.254 e. The molecule has 1 aromatic heterocycles. The topological polar surface area (TPSA) is 93.0 Å². The van der Waals surface area contributed by atoms with E-state index in [4.69, 9.17) is 0 Å². The van der Waals surface area contributed by atoms with Crippen LogP contribution in [0.4, 0.5) is 10.1 Å². The molecule has 170 valence electrons. The van der Waals surface area contributed by atoms with Crippen molar-refractivity contribution in [3.05, 3.63) is 65.7 Å². The molecule has 1 saturated carbocycles. The Bertz CT molecular complexity index is 1180. The summed E-state index contributed by atoms with van der Waals surface area (Å²) in [6.07, 6.45) is 4.74. The number of likely N-dealkylation sites (tertiary alicyclic amines) is 1. The van der Waals surface area contributed by atoms with Crippen molar-refractivity contribution in [3.63, 3.8) is 0 Å². The molecule has 5 rings (SSSR count). The Kier molecular flexibility index (Phi) is 5.62. The summed E-state index contributed by atoms with van der Waals surface area (Å²) in [4.78, 5) is 28.6. The summed E-state index contributed by atoms with van der Waals surface area (Å²) in [7, 11) is 0. The number of fused-ring (bicyclic) bond motifs is 1. The van der Waals surface area contributed by atoms with Gasteiger partial charge in [-0.2, -0.15) is 4.68 Å². The number of anilines is 1. The van der Waals surface area contributed by atoms with Gasteiger partial charge in [-0.1, -0.05) is 31.0 Å². The zero-order valence-corrected chi connectivity index (χ0v) is 18.3. The SMILES string of the molecule is Cc1nnnn1-c1cc(NC(=O)C2CC3CCCCC3N2C(=O)c2ccccc2)ccc1F. The largest absolute Gasteiger partial charge is 0.324 e. The van der Waals surface area contributed by atoms with Gasteiger partial charge in [0.05, 0.1) is 0 Å². The van der Waals surface area contributed by atoms with E-state index in [2.05, 4.69) is 20.8 Å². The number of rotatable bonds is 4. The van der Waals surface area contributed by atoms with Gasteiger partial charge in [-0.3, -0.25) is 9.59 Å². The van der Waals surface area contributed by atoms with Gasteiger partial charge in [0.15, 0.2) is 5.82 Å². The average Bonchev–Trinajstić information content (AvgIpc) is 3.44. The Morgan fingerprint density at radius 3 is 2.64 bits per heavy atom. The molecular formula is C24H25FN6O2. The van der Waals surface area contributed by atoms with Crippen LogP contribution in [0.1, 0.15) is 48.3 Å². The lowest BCUT2D eigenvalue weighted by molar-refractivity contribution is -0.120. The molecule has 2 aliphatic rings. The van der Waals surface area contributed by atoms with Gasteiger partial charge in [-0.05, 0) is 72.9 Å². The molecule has 2 aromatic carbocycles. The van der Waals surface area contributed by atoms with Crippen LogP contribution in [0.15, 0.2) is 48.5 Å². The number of aromatic nitrogens is 4. The molecule has 0 bridgehead atoms. The van der Waals surface area contributed by atoms with Crippen molar-refractivity contribution in [3.8, 4) is 5.69 Å². The van der Waals surface area contributed by atoms with Gasteiger partial charge in [0.2, 0.25) is 5.91 Å². The molecule has 8 nitrogen and oxygen atoms in total. The van der Waals surface area contributed by atoms with Crippen LogP contribution in [-0.2, 0) is 4.79 Å². The maximum absolute atomic E-state index is 14.4. The second-order valence-electron chi connectivity index (χ2n) is 8.74. The summed E-state index contributed by atoms with van der Waals surface area (Å²) in [5.41, 5.74) is 1.15. The second-order valence-corrected chi connectivity index (χ2v) is 8.74.